The van der Waals surface area contributed by atoms with E-state index in [1.807, 2.05) is 0 Å². The third-order valence-electron chi connectivity index (χ3n) is 3.83. The number of urea groups is 1. The van der Waals surface area contributed by atoms with Crippen LogP contribution in [0.3, 0.4) is 0 Å². The molecule has 10 heteroatoms. The molecule has 0 saturated carbocycles. The Balaban J connectivity index is 1.96. The fourth-order valence-corrected chi connectivity index (χ4v) is 3.16. The first-order valence-corrected chi connectivity index (χ1v) is 9.93. The molecule has 28 heavy (non-hydrogen) atoms. The summed E-state index contributed by atoms with van der Waals surface area (Å²) in [5, 5.41) is 5.12. The number of carbonyl (C=O) groups is 1. The first-order valence-electron chi connectivity index (χ1n) is 8.28. The molecule has 0 fully saturated rings. The maximum absolute atomic E-state index is 12.5. The van der Waals surface area contributed by atoms with E-state index >= 15 is 0 Å². The summed E-state index contributed by atoms with van der Waals surface area (Å²) >= 11 is 0. The van der Waals surface area contributed by atoms with Crippen LogP contribution >= 0.6 is 0 Å². The fourth-order valence-electron chi connectivity index (χ4n) is 2.38. The van der Waals surface area contributed by atoms with Crippen molar-refractivity contribution < 1.29 is 26.7 Å². The lowest BCUT2D eigenvalue weighted by Gasteiger charge is -2.15. The molecule has 0 saturated heterocycles. The van der Waals surface area contributed by atoms with Gasteiger partial charge in [0.1, 0.15) is 5.75 Å². The van der Waals surface area contributed by atoms with Gasteiger partial charge in [-0.25, -0.2) is 17.9 Å². The number of hydrogen-bond acceptors (Lipinski definition) is 4. The number of para-hydroxylation sites is 1. The largest absolute Gasteiger partial charge is 0.433 e. The predicted octanol–water partition coefficient (Wildman–Crippen LogP) is 2.97. The number of carbonyl (C=O) groups excluding carboxylic acids is 1. The molecule has 152 valence electrons. The van der Waals surface area contributed by atoms with Gasteiger partial charge < -0.3 is 15.4 Å². The lowest BCUT2D eigenvalue weighted by molar-refractivity contribution is -0.0493. The maximum Gasteiger partial charge on any atom is 0.387 e. The summed E-state index contributed by atoms with van der Waals surface area (Å²) in [5.41, 5.74) is 2.09. The number of sulfonamides is 1. The molecule has 2 aromatic carbocycles. The zero-order valence-electron chi connectivity index (χ0n) is 15.3. The van der Waals surface area contributed by atoms with Crippen molar-refractivity contribution in [1.29, 1.82) is 0 Å². The molecule has 0 aromatic heterocycles. The molecular weight excluding hydrogens is 392 g/mol. The number of alkyl halides is 2. The van der Waals surface area contributed by atoms with Gasteiger partial charge in [-0.15, -0.1) is 0 Å². The number of ether oxygens (including phenoxy) is 1. The van der Waals surface area contributed by atoms with E-state index in [1.54, 1.807) is 43.3 Å². The van der Waals surface area contributed by atoms with Gasteiger partial charge in [0.15, 0.2) is 0 Å². The fraction of sp³-hybridized carbons (Fsp3) is 0.278. The van der Waals surface area contributed by atoms with Crippen LogP contribution in [0.5, 0.6) is 5.75 Å². The van der Waals surface area contributed by atoms with E-state index in [0.717, 1.165) is 5.56 Å². The minimum atomic E-state index is -3.36. The van der Waals surface area contributed by atoms with E-state index in [1.165, 1.54) is 13.1 Å². The smallest absolute Gasteiger partial charge is 0.387 e. The number of anilines is 1. The molecule has 0 unspecified atom stereocenters. The molecule has 2 aromatic rings. The first kappa shape index (κ1) is 21.6. The van der Waals surface area contributed by atoms with Crippen molar-refractivity contribution >= 4 is 21.7 Å². The highest BCUT2D eigenvalue weighted by Gasteiger charge is 2.14. The van der Waals surface area contributed by atoms with Crippen LogP contribution < -0.4 is 20.1 Å². The number of rotatable bonds is 8. The lowest BCUT2D eigenvalue weighted by atomic mass is 10.1. The van der Waals surface area contributed by atoms with Gasteiger partial charge in [0.25, 0.3) is 0 Å². The van der Waals surface area contributed by atoms with Crippen molar-refractivity contribution in [2.45, 2.75) is 25.8 Å². The van der Waals surface area contributed by atoms with E-state index in [-0.39, 0.29) is 23.7 Å². The van der Waals surface area contributed by atoms with Gasteiger partial charge in [-0.2, -0.15) is 8.78 Å². The molecule has 0 aliphatic rings. The first-order chi connectivity index (χ1) is 13.2. The average Bonchev–Trinajstić information content (AvgIpc) is 2.63. The summed E-state index contributed by atoms with van der Waals surface area (Å²) < 4.78 is 54.7. The summed E-state index contributed by atoms with van der Waals surface area (Å²) in [5.74, 6) is -0.266. The van der Waals surface area contributed by atoms with Crippen LogP contribution in [0.15, 0.2) is 42.5 Å². The number of aryl methyl sites for hydroxylation is 1. The minimum absolute atomic E-state index is 0.125. The van der Waals surface area contributed by atoms with Gasteiger partial charge >= 0.3 is 12.6 Å². The Morgan fingerprint density at radius 2 is 1.75 bits per heavy atom. The van der Waals surface area contributed by atoms with Crippen LogP contribution in [0.1, 0.15) is 16.7 Å². The molecule has 0 radical (unpaired) electrons. The normalized spacial score (nSPS) is 11.3. The van der Waals surface area contributed by atoms with Gasteiger partial charge in [0.05, 0.1) is 11.4 Å². The van der Waals surface area contributed by atoms with E-state index < -0.39 is 22.7 Å². The summed E-state index contributed by atoms with van der Waals surface area (Å²) in [6.45, 7) is -1.18. The average molecular weight is 413 g/mol. The van der Waals surface area contributed by atoms with Crippen molar-refractivity contribution in [3.05, 3.63) is 59.2 Å². The summed E-state index contributed by atoms with van der Waals surface area (Å²) in [4.78, 5) is 12.1. The van der Waals surface area contributed by atoms with Crippen LogP contribution in [0.25, 0.3) is 0 Å². The SMILES string of the molecule is CNS(=O)(=O)Cc1ccc(CNC(=O)Nc2c(C)cccc2OC(F)F)cc1. The van der Waals surface area contributed by atoms with Crippen molar-refractivity contribution in [3.63, 3.8) is 0 Å². The quantitative estimate of drug-likeness (QED) is 0.620. The van der Waals surface area contributed by atoms with Crippen molar-refractivity contribution in [1.82, 2.24) is 10.0 Å². The third kappa shape index (κ3) is 6.46. The highest BCUT2D eigenvalue weighted by Crippen LogP contribution is 2.29. The van der Waals surface area contributed by atoms with Crippen molar-refractivity contribution in [2.24, 2.45) is 0 Å². The summed E-state index contributed by atoms with van der Waals surface area (Å²) in [6, 6.07) is 10.7. The Morgan fingerprint density at radius 3 is 2.36 bits per heavy atom. The molecule has 0 spiro atoms. The van der Waals surface area contributed by atoms with Crippen LogP contribution in [-0.2, 0) is 22.3 Å². The molecule has 3 N–H and O–H groups in total. The maximum atomic E-state index is 12.5. The van der Waals surface area contributed by atoms with Crippen LogP contribution in [0, 0.1) is 6.92 Å². The Hall–Kier alpha value is -2.72. The van der Waals surface area contributed by atoms with Crippen LogP contribution in [0.4, 0.5) is 19.3 Å². The van der Waals surface area contributed by atoms with E-state index in [4.69, 9.17) is 0 Å². The van der Waals surface area contributed by atoms with Gasteiger partial charge in [0.2, 0.25) is 10.0 Å². The summed E-state index contributed by atoms with van der Waals surface area (Å²) in [6.07, 6.45) is 0. The zero-order valence-corrected chi connectivity index (χ0v) is 16.1. The summed E-state index contributed by atoms with van der Waals surface area (Å²) in [7, 11) is -2.01. The molecule has 0 aliphatic carbocycles. The van der Waals surface area contributed by atoms with Gasteiger partial charge in [-0.05, 0) is 36.7 Å². The number of benzene rings is 2. The Kier molecular flexibility index (Phi) is 7.30. The van der Waals surface area contributed by atoms with E-state index in [9.17, 15) is 22.0 Å². The second-order valence-corrected chi connectivity index (χ2v) is 7.84. The minimum Gasteiger partial charge on any atom is -0.433 e. The van der Waals surface area contributed by atoms with Crippen LogP contribution in [0.2, 0.25) is 0 Å². The second kappa shape index (κ2) is 9.47. The van der Waals surface area contributed by atoms with E-state index in [0.29, 0.717) is 11.1 Å². The number of nitrogens with one attached hydrogen (secondary N) is 3. The molecule has 7 nitrogen and oxygen atoms in total. The third-order valence-corrected chi connectivity index (χ3v) is 5.17. The predicted molar refractivity (Wildman–Crippen MR) is 102 cm³/mol. The molecular formula is C18H21F2N3O4S. The van der Waals surface area contributed by atoms with Gasteiger partial charge in [-0.3, -0.25) is 0 Å². The van der Waals surface area contributed by atoms with Crippen LogP contribution in [-0.4, -0.2) is 28.1 Å². The number of amides is 2. The molecule has 0 aliphatic heterocycles. The lowest BCUT2D eigenvalue weighted by Crippen LogP contribution is -2.28. The van der Waals surface area contributed by atoms with Gasteiger partial charge in [0, 0.05) is 6.54 Å². The monoisotopic (exact) mass is 413 g/mol. The number of halogens is 2. The Bertz CT molecular complexity index is 919. The topological polar surface area (TPSA) is 96.5 Å². The standard InChI is InChI=1S/C18H21F2N3O4S/c1-12-4-3-5-15(27-17(19)20)16(12)23-18(24)22-10-13-6-8-14(9-7-13)11-28(25,26)21-2/h3-9,17,21H,10-11H2,1-2H3,(H2,22,23,24). The molecule has 0 bridgehead atoms. The molecule has 0 heterocycles. The number of hydrogen-bond donors (Lipinski definition) is 3. The molecule has 2 rings (SSSR count). The highest BCUT2D eigenvalue weighted by molar-refractivity contribution is 7.88. The molecule has 0 atom stereocenters. The highest BCUT2D eigenvalue weighted by atomic mass is 32.2. The Labute approximate surface area is 162 Å². The van der Waals surface area contributed by atoms with Crippen molar-refractivity contribution in [2.75, 3.05) is 12.4 Å². The second-order valence-electron chi connectivity index (χ2n) is 5.91. The van der Waals surface area contributed by atoms with E-state index in [2.05, 4.69) is 20.1 Å². The van der Waals surface area contributed by atoms with Gasteiger partial charge in [-0.1, -0.05) is 36.4 Å². The van der Waals surface area contributed by atoms with Crippen molar-refractivity contribution in [3.8, 4) is 5.75 Å². The zero-order chi connectivity index (χ0) is 20.7. The molecule has 2 amide bonds. The Morgan fingerprint density at radius 1 is 1.11 bits per heavy atom.